The number of nitrogens with zero attached hydrogens (tertiary/aromatic N) is 4. The van der Waals surface area contributed by atoms with E-state index in [0.717, 1.165) is 48.4 Å². The van der Waals surface area contributed by atoms with Crippen molar-refractivity contribution in [2.24, 2.45) is 5.92 Å². The number of fused-ring (bicyclic) bond motifs is 1. The summed E-state index contributed by atoms with van der Waals surface area (Å²) in [6.07, 6.45) is 3.23. The summed E-state index contributed by atoms with van der Waals surface area (Å²) < 4.78 is 5.00. The molecule has 0 saturated carbocycles. The summed E-state index contributed by atoms with van der Waals surface area (Å²) in [5.74, 6) is 1.80. The highest BCUT2D eigenvalue weighted by Crippen LogP contribution is 2.25. The average Bonchev–Trinajstić information content (AvgIpc) is 3.10. The second-order valence-electron chi connectivity index (χ2n) is 9.58. The van der Waals surface area contributed by atoms with Gasteiger partial charge in [0, 0.05) is 19.5 Å². The number of hydrogen-bond acceptors (Lipinski definition) is 3. The Morgan fingerprint density at radius 3 is 2.52 bits per heavy atom. The van der Waals surface area contributed by atoms with Crippen molar-refractivity contribution in [3.63, 3.8) is 0 Å². The van der Waals surface area contributed by atoms with Gasteiger partial charge in [0.05, 0.1) is 12.4 Å². The molecule has 0 atom stereocenters. The van der Waals surface area contributed by atoms with E-state index in [-0.39, 0.29) is 0 Å². The van der Waals surface area contributed by atoms with Crippen LogP contribution in [-0.4, -0.2) is 32.3 Å². The molecule has 3 aromatic carbocycles. The Kier molecular flexibility index (Phi) is 6.17. The molecule has 2 heterocycles. The molecular weight excluding hydrogens is 424 g/mol. The van der Waals surface area contributed by atoms with Crippen LogP contribution in [0.3, 0.4) is 0 Å². The minimum atomic E-state index is 0.738. The molecular formula is C28H32N4S. The van der Waals surface area contributed by atoms with Crippen molar-refractivity contribution in [1.82, 2.24) is 19.2 Å². The SMILES string of the molecule is Cc1ccc(-n2c(Cc3cccc4ccccc34)nn(CN3CCC(C)CC3)c2=S)c(C)c1. The Morgan fingerprint density at radius 1 is 0.970 bits per heavy atom. The fourth-order valence-corrected chi connectivity index (χ4v) is 5.27. The molecule has 0 radical (unpaired) electrons. The summed E-state index contributed by atoms with van der Waals surface area (Å²) in [6, 6.07) is 21.7. The van der Waals surface area contributed by atoms with Crippen LogP contribution in [0.2, 0.25) is 0 Å². The molecule has 170 valence electrons. The molecule has 0 bridgehead atoms. The third-order valence-corrected chi connectivity index (χ3v) is 7.33. The van der Waals surface area contributed by atoms with Crippen molar-refractivity contribution in [2.75, 3.05) is 13.1 Å². The molecule has 5 rings (SSSR count). The van der Waals surface area contributed by atoms with Gasteiger partial charge in [-0.25, -0.2) is 4.68 Å². The van der Waals surface area contributed by atoms with Gasteiger partial charge in [-0.1, -0.05) is 67.1 Å². The first-order chi connectivity index (χ1) is 16.0. The molecule has 4 nitrogen and oxygen atoms in total. The highest BCUT2D eigenvalue weighted by molar-refractivity contribution is 7.71. The van der Waals surface area contributed by atoms with E-state index in [1.165, 1.54) is 40.3 Å². The Bertz CT molecular complexity index is 1340. The second-order valence-corrected chi connectivity index (χ2v) is 9.95. The highest BCUT2D eigenvalue weighted by Gasteiger charge is 2.20. The first-order valence-electron chi connectivity index (χ1n) is 11.9. The summed E-state index contributed by atoms with van der Waals surface area (Å²) in [7, 11) is 0. The van der Waals surface area contributed by atoms with Gasteiger partial charge in [0.1, 0.15) is 5.82 Å². The Morgan fingerprint density at radius 2 is 1.73 bits per heavy atom. The molecule has 5 heteroatoms. The third-order valence-electron chi connectivity index (χ3n) is 6.94. The number of aromatic nitrogens is 3. The minimum absolute atomic E-state index is 0.738. The van der Waals surface area contributed by atoms with Crippen molar-refractivity contribution in [2.45, 2.75) is 46.7 Å². The average molecular weight is 457 g/mol. The molecule has 0 aliphatic carbocycles. The minimum Gasteiger partial charge on any atom is -0.284 e. The Labute approximate surface area is 201 Å². The molecule has 1 fully saturated rings. The van der Waals surface area contributed by atoms with Crippen molar-refractivity contribution < 1.29 is 0 Å². The summed E-state index contributed by atoms with van der Waals surface area (Å²) in [6.45, 7) is 9.62. The van der Waals surface area contributed by atoms with Gasteiger partial charge in [0.2, 0.25) is 4.77 Å². The van der Waals surface area contributed by atoms with Gasteiger partial charge in [0.25, 0.3) is 0 Å². The van der Waals surface area contributed by atoms with Crippen LogP contribution in [0.15, 0.2) is 60.7 Å². The van der Waals surface area contributed by atoms with Crippen LogP contribution in [0, 0.1) is 24.5 Å². The number of hydrogen-bond donors (Lipinski definition) is 0. The molecule has 4 aromatic rings. The van der Waals surface area contributed by atoms with Crippen molar-refractivity contribution >= 4 is 23.0 Å². The first kappa shape index (κ1) is 22.1. The van der Waals surface area contributed by atoms with Gasteiger partial charge < -0.3 is 0 Å². The van der Waals surface area contributed by atoms with Crippen LogP contribution in [0.5, 0.6) is 0 Å². The van der Waals surface area contributed by atoms with E-state index < -0.39 is 0 Å². The Balaban J connectivity index is 1.58. The molecule has 0 N–H and O–H groups in total. The standard InChI is InChI=1S/C28H32N4S/c1-20-13-15-30(16-14-20)19-31-28(33)32(26-12-11-21(2)17-22(26)3)27(29-31)18-24-9-6-8-23-7-4-5-10-25(23)24/h4-12,17,20H,13-16,18-19H2,1-3H3. The quantitative estimate of drug-likeness (QED) is 0.323. The fourth-order valence-electron chi connectivity index (χ4n) is 4.97. The summed E-state index contributed by atoms with van der Waals surface area (Å²) in [5, 5.41) is 7.63. The number of likely N-dealkylation sites (tertiary alicyclic amines) is 1. The number of aryl methyl sites for hydroxylation is 2. The second kappa shape index (κ2) is 9.24. The molecule has 0 spiro atoms. The molecule has 1 aliphatic heterocycles. The van der Waals surface area contributed by atoms with E-state index in [4.69, 9.17) is 17.3 Å². The van der Waals surface area contributed by atoms with Gasteiger partial charge in [-0.15, -0.1) is 0 Å². The maximum Gasteiger partial charge on any atom is 0.203 e. The Hall–Kier alpha value is -2.76. The lowest BCUT2D eigenvalue weighted by Crippen LogP contribution is -2.34. The number of rotatable bonds is 5. The predicted molar refractivity (Wildman–Crippen MR) is 139 cm³/mol. The predicted octanol–water partition coefficient (Wildman–Crippen LogP) is 6.45. The maximum absolute atomic E-state index is 6.03. The van der Waals surface area contributed by atoms with Crippen LogP contribution in [0.4, 0.5) is 0 Å². The lowest BCUT2D eigenvalue weighted by atomic mass is 10.00. The van der Waals surface area contributed by atoms with Crippen LogP contribution < -0.4 is 0 Å². The zero-order valence-electron chi connectivity index (χ0n) is 19.8. The third kappa shape index (κ3) is 4.53. The highest BCUT2D eigenvalue weighted by atomic mass is 32.1. The van der Waals surface area contributed by atoms with E-state index in [9.17, 15) is 0 Å². The molecule has 1 aliphatic rings. The van der Waals surface area contributed by atoms with Gasteiger partial charge in [0.15, 0.2) is 0 Å². The van der Waals surface area contributed by atoms with E-state index >= 15 is 0 Å². The van der Waals surface area contributed by atoms with Gasteiger partial charge >= 0.3 is 0 Å². The normalized spacial score (nSPS) is 15.4. The lowest BCUT2D eigenvalue weighted by molar-refractivity contribution is 0.145. The first-order valence-corrected chi connectivity index (χ1v) is 12.4. The summed E-state index contributed by atoms with van der Waals surface area (Å²) >= 11 is 6.03. The van der Waals surface area contributed by atoms with Crippen LogP contribution >= 0.6 is 12.2 Å². The van der Waals surface area contributed by atoms with Crippen LogP contribution in [0.1, 0.15) is 42.3 Å². The van der Waals surface area contributed by atoms with Crippen LogP contribution in [-0.2, 0) is 13.1 Å². The van der Waals surface area contributed by atoms with Gasteiger partial charge in [-0.2, -0.15) is 5.10 Å². The fraction of sp³-hybridized carbons (Fsp3) is 0.357. The van der Waals surface area contributed by atoms with Crippen molar-refractivity contribution in [3.8, 4) is 5.69 Å². The zero-order valence-corrected chi connectivity index (χ0v) is 20.6. The van der Waals surface area contributed by atoms with E-state index in [2.05, 4.69) is 90.9 Å². The van der Waals surface area contributed by atoms with E-state index in [0.29, 0.717) is 0 Å². The number of piperidine rings is 1. The molecule has 0 amide bonds. The molecule has 0 unspecified atom stereocenters. The molecule has 1 aromatic heterocycles. The summed E-state index contributed by atoms with van der Waals surface area (Å²) in [4.78, 5) is 2.48. The lowest BCUT2D eigenvalue weighted by Gasteiger charge is -2.29. The van der Waals surface area contributed by atoms with E-state index in [1.807, 2.05) is 4.68 Å². The van der Waals surface area contributed by atoms with Crippen LogP contribution in [0.25, 0.3) is 16.5 Å². The molecule has 33 heavy (non-hydrogen) atoms. The maximum atomic E-state index is 6.03. The zero-order chi connectivity index (χ0) is 22.9. The van der Waals surface area contributed by atoms with Gasteiger partial charge in [-0.05, 0) is 72.8 Å². The van der Waals surface area contributed by atoms with Crippen molar-refractivity contribution in [3.05, 3.63) is 87.9 Å². The number of benzene rings is 3. The van der Waals surface area contributed by atoms with Gasteiger partial charge in [-0.3, -0.25) is 9.47 Å². The topological polar surface area (TPSA) is 26.0 Å². The largest absolute Gasteiger partial charge is 0.284 e. The van der Waals surface area contributed by atoms with E-state index in [1.54, 1.807) is 0 Å². The molecule has 1 saturated heterocycles. The smallest absolute Gasteiger partial charge is 0.203 e. The summed E-state index contributed by atoms with van der Waals surface area (Å²) in [5.41, 5.74) is 4.88. The monoisotopic (exact) mass is 456 g/mol. The van der Waals surface area contributed by atoms with Crippen molar-refractivity contribution in [1.29, 1.82) is 0 Å².